The number of benzene rings is 2. The Hall–Kier alpha value is -2.41. The summed E-state index contributed by atoms with van der Waals surface area (Å²) in [5.41, 5.74) is 2.04. The first-order chi connectivity index (χ1) is 16.2. The summed E-state index contributed by atoms with van der Waals surface area (Å²) in [7, 11) is 0. The quantitative estimate of drug-likeness (QED) is 0.612. The van der Waals surface area contributed by atoms with Crippen molar-refractivity contribution in [1.82, 2.24) is 4.90 Å². The highest BCUT2D eigenvalue weighted by Gasteiger charge is 2.51. The normalized spacial score (nSPS) is 27.5. The Labute approximate surface area is 205 Å². The molecule has 0 radical (unpaired) electrons. The van der Waals surface area contributed by atoms with Crippen molar-refractivity contribution in [2.45, 2.75) is 51.4 Å². The van der Waals surface area contributed by atoms with E-state index in [2.05, 4.69) is 24.1 Å². The minimum absolute atomic E-state index is 0.0100. The number of nitrogens with zero attached hydrogens (tertiary/aromatic N) is 1. The lowest BCUT2D eigenvalue weighted by molar-refractivity contribution is -0.187. The number of piperidine rings is 1. The minimum Gasteiger partial charge on any atom is -0.487 e. The van der Waals surface area contributed by atoms with Crippen LogP contribution >= 0.6 is 11.6 Å². The van der Waals surface area contributed by atoms with Crippen molar-refractivity contribution in [3.63, 3.8) is 0 Å². The summed E-state index contributed by atoms with van der Waals surface area (Å²) < 4.78 is 13.1. The third-order valence-electron chi connectivity index (χ3n) is 7.48. The Bertz CT molecular complexity index is 1100. The largest absolute Gasteiger partial charge is 0.487 e. The number of amides is 1. The van der Waals surface area contributed by atoms with Gasteiger partial charge in [-0.3, -0.25) is 14.5 Å². The van der Waals surface area contributed by atoms with Gasteiger partial charge in [-0.1, -0.05) is 11.6 Å². The molecule has 0 bridgehead atoms. The number of ether oxygens (including phenoxy) is 2. The molecule has 180 valence electrons. The van der Waals surface area contributed by atoms with Crippen LogP contribution in [0.4, 0.5) is 5.69 Å². The molecule has 34 heavy (non-hydrogen) atoms. The fourth-order valence-corrected chi connectivity index (χ4v) is 5.87. The van der Waals surface area contributed by atoms with Crippen LogP contribution in [0.1, 0.15) is 55.6 Å². The van der Waals surface area contributed by atoms with E-state index < -0.39 is 0 Å². The van der Waals surface area contributed by atoms with E-state index in [0.29, 0.717) is 28.7 Å². The predicted octanol–water partition coefficient (Wildman–Crippen LogP) is 5.12. The van der Waals surface area contributed by atoms with E-state index in [1.807, 2.05) is 18.2 Å². The maximum absolute atomic E-state index is 12.7. The lowest BCUT2D eigenvalue weighted by atomic mass is 9.70. The van der Waals surface area contributed by atoms with E-state index in [0.717, 1.165) is 37.2 Å². The molecule has 3 aliphatic rings. The molecule has 2 fully saturated rings. The van der Waals surface area contributed by atoms with Gasteiger partial charge in [0.05, 0.1) is 18.8 Å². The van der Waals surface area contributed by atoms with Gasteiger partial charge in [0, 0.05) is 40.8 Å². The third-order valence-corrected chi connectivity index (χ3v) is 7.71. The fraction of sp³-hybridized carbons (Fsp3) is 0.481. The van der Waals surface area contributed by atoms with Gasteiger partial charge in [0.1, 0.15) is 11.4 Å². The van der Waals surface area contributed by atoms with E-state index in [1.54, 1.807) is 24.3 Å². The highest BCUT2D eigenvalue weighted by molar-refractivity contribution is 6.30. The van der Waals surface area contributed by atoms with Gasteiger partial charge < -0.3 is 14.8 Å². The number of hydrogen-bond acceptors (Lipinski definition) is 5. The first-order valence-corrected chi connectivity index (χ1v) is 12.3. The van der Waals surface area contributed by atoms with Gasteiger partial charge in [0.2, 0.25) is 5.91 Å². The summed E-state index contributed by atoms with van der Waals surface area (Å²) in [6, 6.07) is 12.8. The standard InChI is InChI=1S/C27H31ClN2O4/c1-16(31)17-4-7-20(8-5-17)29-25(32)15-30-11-10-23-18(14-30)12-22-26(33-23)21-13-19(28)6-9-24(21)34-27(22,2)3/h4-9,13,18,22-23,26H,10-12,14-15H2,1-3H3,(H,29,32)/t18-,22-,23-,26+/m0/s1. The van der Waals surface area contributed by atoms with E-state index in [4.69, 9.17) is 21.1 Å². The number of carbonyl (C=O) groups excluding carboxylic acids is 2. The van der Waals surface area contributed by atoms with Crippen molar-refractivity contribution < 1.29 is 19.1 Å². The van der Waals surface area contributed by atoms with Crippen LogP contribution in [0.2, 0.25) is 5.02 Å². The molecule has 0 unspecified atom stereocenters. The Balaban J connectivity index is 1.23. The number of likely N-dealkylation sites (tertiary alicyclic amines) is 1. The highest BCUT2D eigenvalue weighted by Crippen LogP contribution is 2.53. The van der Waals surface area contributed by atoms with Crippen LogP contribution < -0.4 is 10.1 Å². The molecule has 5 rings (SSSR count). The van der Waals surface area contributed by atoms with Gasteiger partial charge in [0.25, 0.3) is 0 Å². The number of hydrogen-bond donors (Lipinski definition) is 1. The van der Waals surface area contributed by atoms with Gasteiger partial charge in [0.15, 0.2) is 5.78 Å². The van der Waals surface area contributed by atoms with E-state index in [1.165, 1.54) is 6.92 Å². The van der Waals surface area contributed by atoms with Crippen molar-refractivity contribution in [3.05, 3.63) is 58.6 Å². The third kappa shape index (κ3) is 4.59. The maximum Gasteiger partial charge on any atom is 0.238 e. The molecule has 0 saturated carbocycles. The van der Waals surface area contributed by atoms with Crippen LogP contribution in [0.3, 0.4) is 0 Å². The van der Waals surface area contributed by atoms with Gasteiger partial charge >= 0.3 is 0 Å². The average molecular weight is 483 g/mol. The van der Waals surface area contributed by atoms with Crippen molar-refractivity contribution >= 4 is 29.0 Å². The summed E-state index contributed by atoms with van der Waals surface area (Å²) in [5, 5.41) is 3.64. The molecule has 3 heterocycles. The van der Waals surface area contributed by atoms with Gasteiger partial charge in [-0.25, -0.2) is 0 Å². The van der Waals surface area contributed by atoms with Crippen LogP contribution in [0.25, 0.3) is 0 Å². The molecule has 2 aromatic carbocycles. The predicted molar refractivity (Wildman–Crippen MR) is 132 cm³/mol. The molecule has 0 aliphatic carbocycles. The maximum atomic E-state index is 12.7. The molecule has 1 amide bonds. The van der Waals surface area contributed by atoms with Crippen LogP contribution in [-0.2, 0) is 9.53 Å². The van der Waals surface area contributed by atoms with Crippen molar-refractivity contribution in [3.8, 4) is 5.75 Å². The Morgan fingerprint density at radius 1 is 1.18 bits per heavy atom. The lowest BCUT2D eigenvalue weighted by Gasteiger charge is -2.53. The number of ketones is 1. The Morgan fingerprint density at radius 3 is 2.68 bits per heavy atom. The highest BCUT2D eigenvalue weighted by atomic mass is 35.5. The fourth-order valence-electron chi connectivity index (χ4n) is 5.69. The zero-order valence-electron chi connectivity index (χ0n) is 19.8. The zero-order chi connectivity index (χ0) is 24.0. The molecule has 3 aliphatic heterocycles. The summed E-state index contributed by atoms with van der Waals surface area (Å²) >= 11 is 6.29. The number of rotatable bonds is 4. The SMILES string of the molecule is CC(=O)c1ccc(NC(=O)CN2CC[C@@H]3O[C@@H]4c5cc(Cl)ccc5OC(C)(C)[C@H]4C[C@H]3C2)cc1. The van der Waals surface area contributed by atoms with Gasteiger partial charge in [-0.2, -0.15) is 0 Å². The van der Waals surface area contributed by atoms with Crippen LogP contribution in [0.15, 0.2) is 42.5 Å². The average Bonchev–Trinajstić information content (AvgIpc) is 2.79. The van der Waals surface area contributed by atoms with E-state index in [-0.39, 0.29) is 35.4 Å². The Morgan fingerprint density at radius 2 is 1.94 bits per heavy atom. The number of anilines is 1. The zero-order valence-corrected chi connectivity index (χ0v) is 20.6. The Kier molecular flexibility index (Phi) is 6.17. The molecular weight excluding hydrogens is 452 g/mol. The second kappa shape index (κ2) is 8.99. The first kappa shape index (κ1) is 23.3. The number of carbonyl (C=O) groups is 2. The molecule has 1 N–H and O–H groups in total. The number of halogens is 1. The van der Waals surface area contributed by atoms with Crippen molar-refractivity contribution in [1.29, 1.82) is 0 Å². The minimum atomic E-state index is -0.345. The summed E-state index contributed by atoms with van der Waals surface area (Å²) in [4.78, 5) is 26.3. The second-order valence-electron chi connectivity index (χ2n) is 10.3. The molecule has 7 heteroatoms. The molecule has 0 aromatic heterocycles. The van der Waals surface area contributed by atoms with Gasteiger partial charge in [-0.15, -0.1) is 0 Å². The lowest BCUT2D eigenvalue weighted by Crippen LogP contribution is -2.55. The monoisotopic (exact) mass is 482 g/mol. The summed E-state index contributed by atoms with van der Waals surface area (Å²) in [6.45, 7) is 7.78. The first-order valence-electron chi connectivity index (χ1n) is 12.0. The molecule has 6 nitrogen and oxygen atoms in total. The topological polar surface area (TPSA) is 67.9 Å². The van der Waals surface area contributed by atoms with E-state index in [9.17, 15) is 9.59 Å². The molecule has 0 spiro atoms. The van der Waals surface area contributed by atoms with E-state index >= 15 is 0 Å². The van der Waals surface area contributed by atoms with Crippen LogP contribution in [0.5, 0.6) is 5.75 Å². The summed E-state index contributed by atoms with van der Waals surface area (Å²) in [6.07, 6.45) is 2.02. The molecule has 2 saturated heterocycles. The smallest absolute Gasteiger partial charge is 0.238 e. The summed E-state index contributed by atoms with van der Waals surface area (Å²) in [5.74, 6) is 1.39. The van der Waals surface area contributed by atoms with Crippen LogP contribution in [0, 0.1) is 11.8 Å². The number of fused-ring (bicyclic) bond motifs is 4. The van der Waals surface area contributed by atoms with Crippen LogP contribution in [-0.4, -0.2) is 47.9 Å². The number of Topliss-reactive ketones (excluding diaryl/α,β-unsaturated/α-hetero) is 1. The van der Waals surface area contributed by atoms with Gasteiger partial charge in [-0.05, 0) is 82.0 Å². The molecule has 2 aromatic rings. The molecular formula is C27H31ClN2O4. The second-order valence-corrected chi connectivity index (χ2v) is 10.7. The number of nitrogens with one attached hydrogen (secondary N) is 1. The molecule has 4 atom stereocenters. The van der Waals surface area contributed by atoms with Crippen molar-refractivity contribution in [2.75, 3.05) is 25.0 Å². The van der Waals surface area contributed by atoms with Crippen molar-refractivity contribution in [2.24, 2.45) is 11.8 Å².